The van der Waals surface area contributed by atoms with Crippen molar-refractivity contribution in [3.05, 3.63) is 16.8 Å². The maximum absolute atomic E-state index is 5.80. The molecule has 0 fully saturated rings. The molecular formula is C8H9N3S. The Bertz CT molecular complexity index is 433. The first kappa shape index (κ1) is 7.49. The molecule has 0 bridgehead atoms. The molecule has 2 rings (SSSR count). The Morgan fingerprint density at radius 2 is 2.17 bits per heavy atom. The summed E-state index contributed by atoms with van der Waals surface area (Å²) < 4.78 is 0. The normalized spacial score (nSPS) is 10.8. The highest BCUT2D eigenvalue weighted by Gasteiger charge is 2.07. The van der Waals surface area contributed by atoms with Crippen LogP contribution >= 0.6 is 11.3 Å². The summed E-state index contributed by atoms with van der Waals surface area (Å²) in [4.78, 5) is 10.6. The van der Waals surface area contributed by atoms with E-state index < -0.39 is 0 Å². The average Bonchev–Trinajstić information content (AvgIpc) is 2.28. The summed E-state index contributed by atoms with van der Waals surface area (Å²) in [5.41, 5.74) is 8.33. The monoisotopic (exact) mass is 179 g/mol. The number of anilines is 1. The number of nitrogens with two attached hydrogens (primary N) is 1. The van der Waals surface area contributed by atoms with E-state index in [1.54, 1.807) is 17.5 Å². The summed E-state index contributed by atoms with van der Waals surface area (Å²) in [6.07, 6.45) is 1.74. The second-order valence-corrected chi connectivity index (χ2v) is 3.94. The van der Waals surface area contributed by atoms with Crippen molar-refractivity contribution in [2.45, 2.75) is 13.8 Å². The number of nitrogen functional groups attached to an aromatic ring is 1. The highest BCUT2D eigenvalue weighted by molar-refractivity contribution is 7.19. The summed E-state index contributed by atoms with van der Waals surface area (Å²) in [7, 11) is 0. The van der Waals surface area contributed by atoms with Crippen molar-refractivity contribution in [2.24, 2.45) is 0 Å². The lowest BCUT2D eigenvalue weighted by Gasteiger charge is -1.91. The van der Waals surface area contributed by atoms with Crippen LogP contribution in [0.15, 0.2) is 6.20 Å². The van der Waals surface area contributed by atoms with Gasteiger partial charge in [0.2, 0.25) is 0 Å². The molecule has 0 radical (unpaired) electrons. The SMILES string of the molecule is Cc1cnc2c(N)c(C)sc2n1. The van der Waals surface area contributed by atoms with Crippen LogP contribution in [0.3, 0.4) is 0 Å². The van der Waals surface area contributed by atoms with E-state index in [4.69, 9.17) is 5.73 Å². The number of thiophene rings is 1. The Kier molecular flexibility index (Phi) is 1.51. The van der Waals surface area contributed by atoms with Crippen molar-refractivity contribution in [3.8, 4) is 0 Å². The van der Waals surface area contributed by atoms with Crippen LogP contribution in [0.4, 0.5) is 5.69 Å². The van der Waals surface area contributed by atoms with Crippen molar-refractivity contribution >= 4 is 27.4 Å². The smallest absolute Gasteiger partial charge is 0.144 e. The van der Waals surface area contributed by atoms with E-state index in [1.807, 2.05) is 13.8 Å². The molecule has 0 aliphatic rings. The second-order valence-electron chi connectivity index (χ2n) is 2.74. The minimum absolute atomic E-state index is 0.766. The van der Waals surface area contributed by atoms with E-state index in [-0.39, 0.29) is 0 Å². The van der Waals surface area contributed by atoms with Gasteiger partial charge in [-0.3, -0.25) is 0 Å². The van der Waals surface area contributed by atoms with Gasteiger partial charge in [0, 0.05) is 11.1 Å². The fourth-order valence-electron chi connectivity index (χ4n) is 1.08. The van der Waals surface area contributed by atoms with Crippen LogP contribution in [-0.2, 0) is 0 Å². The number of fused-ring (bicyclic) bond motifs is 1. The van der Waals surface area contributed by atoms with Crippen molar-refractivity contribution < 1.29 is 0 Å². The quantitative estimate of drug-likeness (QED) is 0.672. The van der Waals surface area contributed by atoms with E-state index in [0.717, 1.165) is 26.6 Å². The first-order chi connectivity index (χ1) is 5.68. The summed E-state index contributed by atoms with van der Waals surface area (Å²) in [6.45, 7) is 3.91. The lowest BCUT2D eigenvalue weighted by atomic mass is 10.4. The molecule has 0 spiro atoms. The summed E-state index contributed by atoms with van der Waals surface area (Å²) in [6, 6.07) is 0. The molecule has 0 aliphatic carbocycles. The van der Waals surface area contributed by atoms with Gasteiger partial charge in [-0.1, -0.05) is 0 Å². The minimum atomic E-state index is 0.766. The Morgan fingerprint density at radius 3 is 2.92 bits per heavy atom. The van der Waals surface area contributed by atoms with Gasteiger partial charge in [-0.15, -0.1) is 11.3 Å². The number of hydrogen-bond donors (Lipinski definition) is 1. The third kappa shape index (κ3) is 0.956. The molecule has 0 aromatic carbocycles. The number of aromatic nitrogens is 2. The fraction of sp³-hybridized carbons (Fsp3) is 0.250. The van der Waals surface area contributed by atoms with Gasteiger partial charge >= 0.3 is 0 Å². The van der Waals surface area contributed by atoms with Gasteiger partial charge in [0.1, 0.15) is 10.3 Å². The van der Waals surface area contributed by atoms with Gasteiger partial charge in [0.25, 0.3) is 0 Å². The van der Waals surface area contributed by atoms with E-state index in [1.165, 1.54) is 0 Å². The van der Waals surface area contributed by atoms with Crippen LogP contribution in [0.25, 0.3) is 10.3 Å². The fourth-order valence-corrected chi connectivity index (χ4v) is 2.02. The highest BCUT2D eigenvalue weighted by Crippen LogP contribution is 2.29. The number of rotatable bonds is 0. The van der Waals surface area contributed by atoms with E-state index in [0.29, 0.717) is 0 Å². The topological polar surface area (TPSA) is 51.8 Å². The van der Waals surface area contributed by atoms with Crippen LogP contribution < -0.4 is 5.73 Å². The summed E-state index contributed by atoms with van der Waals surface area (Å²) in [5, 5.41) is 0. The Morgan fingerprint density at radius 1 is 1.42 bits per heavy atom. The minimum Gasteiger partial charge on any atom is -0.396 e. The molecule has 0 aliphatic heterocycles. The molecule has 12 heavy (non-hydrogen) atoms. The number of nitrogens with zero attached hydrogens (tertiary/aromatic N) is 2. The first-order valence-electron chi connectivity index (χ1n) is 3.66. The molecule has 0 atom stereocenters. The zero-order valence-corrected chi connectivity index (χ0v) is 7.77. The molecule has 2 aromatic rings. The molecule has 0 saturated heterocycles. The molecule has 0 saturated carbocycles. The zero-order valence-electron chi connectivity index (χ0n) is 6.96. The van der Waals surface area contributed by atoms with Gasteiger partial charge < -0.3 is 5.73 Å². The lowest BCUT2D eigenvalue weighted by molar-refractivity contribution is 1.20. The lowest BCUT2D eigenvalue weighted by Crippen LogP contribution is -1.88. The Hall–Kier alpha value is -1.16. The van der Waals surface area contributed by atoms with Crippen molar-refractivity contribution in [1.29, 1.82) is 0 Å². The maximum atomic E-state index is 5.80. The van der Waals surface area contributed by atoms with Gasteiger partial charge in [0.05, 0.1) is 11.4 Å². The Labute approximate surface area is 74.3 Å². The maximum Gasteiger partial charge on any atom is 0.144 e. The zero-order chi connectivity index (χ0) is 8.72. The van der Waals surface area contributed by atoms with E-state index >= 15 is 0 Å². The third-order valence-corrected chi connectivity index (χ3v) is 2.75. The van der Waals surface area contributed by atoms with Crippen LogP contribution in [0.5, 0.6) is 0 Å². The molecule has 2 N–H and O–H groups in total. The molecule has 3 nitrogen and oxygen atoms in total. The molecule has 2 aromatic heterocycles. The predicted octanol–water partition coefficient (Wildman–Crippen LogP) is 1.89. The van der Waals surface area contributed by atoms with Gasteiger partial charge in [-0.05, 0) is 13.8 Å². The third-order valence-electron chi connectivity index (χ3n) is 1.75. The summed E-state index contributed by atoms with van der Waals surface area (Å²) >= 11 is 1.59. The molecule has 2 heterocycles. The average molecular weight is 179 g/mol. The van der Waals surface area contributed by atoms with Crippen LogP contribution in [-0.4, -0.2) is 9.97 Å². The second kappa shape index (κ2) is 2.42. The molecular weight excluding hydrogens is 170 g/mol. The van der Waals surface area contributed by atoms with Gasteiger partial charge in [0.15, 0.2) is 0 Å². The molecule has 0 amide bonds. The van der Waals surface area contributed by atoms with E-state index in [2.05, 4.69) is 9.97 Å². The molecule has 62 valence electrons. The highest BCUT2D eigenvalue weighted by atomic mass is 32.1. The molecule has 0 unspecified atom stereocenters. The van der Waals surface area contributed by atoms with Gasteiger partial charge in [-0.2, -0.15) is 0 Å². The van der Waals surface area contributed by atoms with Crippen LogP contribution in [0.2, 0.25) is 0 Å². The van der Waals surface area contributed by atoms with Crippen molar-refractivity contribution in [1.82, 2.24) is 9.97 Å². The Balaban J connectivity index is 2.87. The molecule has 4 heteroatoms. The largest absolute Gasteiger partial charge is 0.396 e. The number of hydrogen-bond acceptors (Lipinski definition) is 4. The predicted molar refractivity (Wildman–Crippen MR) is 51.3 cm³/mol. The van der Waals surface area contributed by atoms with Gasteiger partial charge in [-0.25, -0.2) is 9.97 Å². The van der Waals surface area contributed by atoms with Crippen LogP contribution in [0, 0.1) is 13.8 Å². The van der Waals surface area contributed by atoms with Crippen molar-refractivity contribution in [3.63, 3.8) is 0 Å². The standard InChI is InChI=1S/C8H9N3S/c1-4-3-10-7-6(9)5(2)12-8(7)11-4/h3H,9H2,1-2H3. The summed E-state index contributed by atoms with van der Waals surface area (Å²) in [5.74, 6) is 0. The van der Waals surface area contributed by atoms with E-state index in [9.17, 15) is 0 Å². The number of aryl methyl sites for hydroxylation is 2. The first-order valence-corrected chi connectivity index (χ1v) is 4.48. The van der Waals surface area contributed by atoms with Crippen LogP contribution in [0.1, 0.15) is 10.6 Å². The van der Waals surface area contributed by atoms with Crippen molar-refractivity contribution in [2.75, 3.05) is 5.73 Å².